The standard InChI is InChI=1S/C9H10F3N3O2/c10-9(11,12)6-15(5-8(16)17)4-7-13-2-1-3-14-7/h1-3H,4-6H2,(H,16,17). The molecule has 94 valence electrons. The van der Waals surface area contributed by atoms with Crippen molar-refractivity contribution >= 4 is 5.97 Å². The van der Waals surface area contributed by atoms with Gasteiger partial charge in [0.05, 0.1) is 19.6 Å². The van der Waals surface area contributed by atoms with Gasteiger partial charge in [0.1, 0.15) is 5.82 Å². The second-order valence-corrected chi connectivity index (χ2v) is 3.32. The van der Waals surface area contributed by atoms with Crippen LogP contribution in [0.3, 0.4) is 0 Å². The van der Waals surface area contributed by atoms with Crippen molar-refractivity contribution in [2.24, 2.45) is 0 Å². The Bertz CT molecular complexity index is 369. The number of aliphatic carboxylic acids is 1. The van der Waals surface area contributed by atoms with Gasteiger partial charge in [0.25, 0.3) is 0 Å². The summed E-state index contributed by atoms with van der Waals surface area (Å²) in [6.45, 7) is -2.28. The lowest BCUT2D eigenvalue weighted by Crippen LogP contribution is -2.37. The summed E-state index contributed by atoms with van der Waals surface area (Å²) in [4.78, 5) is 18.6. The minimum atomic E-state index is -4.45. The largest absolute Gasteiger partial charge is 0.480 e. The highest BCUT2D eigenvalue weighted by Gasteiger charge is 2.31. The molecule has 0 aromatic carbocycles. The first-order valence-electron chi connectivity index (χ1n) is 4.63. The van der Waals surface area contributed by atoms with Crippen molar-refractivity contribution in [2.45, 2.75) is 12.7 Å². The van der Waals surface area contributed by atoms with Crippen molar-refractivity contribution < 1.29 is 23.1 Å². The molecule has 1 heterocycles. The lowest BCUT2D eigenvalue weighted by atomic mass is 10.4. The molecule has 0 amide bonds. The monoisotopic (exact) mass is 249 g/mol. The number of hydrogen-bond acceptors (Lipinski definition) is 4. The summed E-state index contributed by atoms with van der Waals surface area (Å²) >= 11 is 0. The summed E-state index contributed by atoms with van der Waals surface area (Å²) in [5.41, 5.74) is 0. The Hall–Kier alpha value is -1.70. The van der Waals surface area contributed by atoms with Crippen LogP contribution in [0.4, 0.5) is 13.2 Å². The zero-order chi connectivity index (χ0) is 12.9. The van der Waals surface area contributed by atoms with E-state index in [1.807, 2.05) is 0 Å². The number of nitrogens with zero attached hydrogens (tertiary/aromatic N) is 3. The molecule has 1 aromatic heterocycles. The molecule has 17 heavy (non-hydrogen) atoms. The zero-order valence-corrected chi connectivity index (χ0v) is 8.68. The molecule has 0 radical (unpaired) electrons. The molecule has 0 aliphatic carbocycles. The van der Waals surface area contributed by atoms with Crippen molar-refractivity contribution in [3.8, 4) is 0 Å². The summed E-state index contributed by atoms with van der Waals surface area (Å²) in [6, 6.07) is 1.52. The Morgan fingerprint density at radius 1 is 1.35 bits per heavy atom. The Labute approximate surface area is 94.9 Å². The van der Waals surface area contributed by atoms with Crippen LogP contribution in [0.2, 0.25) is 0 Å². The highest BCUT2D eigenvalue weighted by molar-refractivity contribution is 5.69. The summed E-state index contributed by atoms with van der Waals surface area (Å²) in [5, 5.41) is 8.51. The first kappa shape index (κ1) is 13.4. The predicted octanol–water partition coefficient (Wildman–Crippen LogP) is 0.925. The van der Waals surface area contributed by atoms with Crippen LogP contribution in [0.25, 0.3) is 0 Å². The van der Waals surface area contributed by atoms with Crippen LogP contribution in [0.1, 0.15) is 5.82 Å². The average molecular weight is 249 g/mol. The number of alkyl halides is 3. The smallest absolute Gasteiger partial charge is 0.401 e. The topological polar surface area (TPSA) is 66.3 Å². The summed E-state index contributed by atoms with van der Waals surface area (Å²) in [7, 11) is 0. The first-order chi connectivity index (χ1) is 7.87. The second kappa shape index (κ2) is 5.58. The Morgan fingerprint density at radius 2 is 1.94 bits per heavy atom. The maximum Gasteiger partial charge on any atom is 0.401 e. The summed E-state index contributed by atoms with van der Waals surface area (Å²) in [5.74, 6) is -1.18. The van der Waals surface area contributed by atoms with Crippen LogP contribution < -0.4 is 0 Å². The van der Waals surface area contributed by atoms with Crippen LogP contribution in [-0.4, -0.2) is 45.2 Å². The molecule has 0 spiro atoms. The molecule has 0 atom stereocenters. The van der Waals surface area contributed by atoms with Gasteiger partial charge >= 0.3 is 12.1 Å². The highest BCUT2D eigenvalue weighted by Crippen LogP contribution is 2.17. The maximum atomic E-state index is 12.2. The van der Waals surface area contributed by atoms with E-state index in [1.165, 1.54) is 18.5 Å². The first-order valence-corrected chi connectivity index (χ1v) is 4.63. The fourth-order valence-electron chi connectivity index (χ4n) is 1.22. The van der Waals surface area contributed by atoms with Gasteiger partial charge < -0.3 is 5.11 Å². The quantitative estimate of drug-likeness (QED) is 0.840. The number of carbonyl (C=O) groups is 1. The third-order valence-electron chi connectivity index (χ3n) is 1.75. The molecule has 0 saturated carbocycles. The fourth-order valence-corrected chi connectivity index (χ4v) is 1.22. The third-order valence-corrected chi connectivity index (χ3v) is 1.75. The number of aromatic nitrogens is 2. The van der Waals surface area contributed by atoms with Gasteiger partial charge in [0.15, 0.2) is 0 Å². The van der Waals surface area contributed by atoms with Crippen molar-refractivity contribution in [2.75, 3.05) is 13.1 Å². The highest BCUT2D eigenvalue weighted by atomic mass is 19.4. The van der Waals surface area contributed by atoms with Crippen molar-refractivity contribution in [3.05, 3.63) is 24.3 Å². The molecule has 0 aliphatic rings. The molecule has 0 bridgehead atoms. The van der Waals surface area contributed by atoms with Gasteiger partial charge in [-0.1, -0.05) is 0 Å². The van der Waals surface area contributed by atoms with E-state index in [2.05, 4.69) is 9.97 Å². The maximum absolute atomic E-state index is 12.2. The molecule has 0 unspecified atom stereocenters. The van der Waals surface area contributed by atoms with E-state index < -0.39 is 25.2 Å². The Kier molecular flexibility index (Phi) is 4.38. The Balaban J connectivity index is 2.67. The number of halogens is 3. The lowest BCUT2D eigenvalue weighted by molar-refractivity contribution is -0.155. The van der Waals surface area contributed by atoms with Gasteiger partial charge in [-0.25, -0.2) is 9.97 Å². The van der Waals surface area contributed by atoms with E-state index >= 15 is 0 Å². The minimum absolute atomic E-state index is 0.151. The second-order valence-electron chi connectivity index (χ2n) is 3.32. The molecule has 0 saturated heterocycles. The fraction of sp³-hybridized carbons (Fsp3) is 0.444. The van der Waals surface area contributed by atoms with Crippen LogP contribution in [0.5, 0.6) is 0 Å². The summed E-state index contributed by atoms with van der Waals surface area (Å²) in [6.07, 6.45) is -1.69. The van der Waals surface area contributed by atoms with Gasteiger partial charge in [-0.15, -0.1) is 0 Å². The van der Waals surface area contributed by atoms with Gasteiger partial charge in [-0.3, -0.25) is 9.69 Å². The average Bonchev–Trinajstić information content (AvgIpc) is 2.15. The van der Waals surface area contributed by atoms with Gasteiger partial charge in [0.2, 0.25) is 0 Å². The molecular weight excluding hydrogens is 239 g/mol. The van der Waals surface area contributed by atoms with Crippen LogP contribution in [-0.2, 0) is 11.3 Å². The number of carboxylic acid groups (broad SMARTS) is 1. The van der Waals surface area contributed by atoms with E-state index in [1.54, 1.807) is 0 Å². The van der Waals surface area contributed by atoms with Gasteiger partial charge in [-0.05, 0) is 6.07 Å². The molecule has 1 rings (SSSR count). The third kappa shape index (κ3) is 5.81. The molecule has 8 heteroatoms. The molecular formula is C9H10F3N3O2. The Morgan fingerprint density at radius 3 is 2.41 bits per heavy atom. The van der Waals surface area contributed by atoms with Crippen LogP contribution in [0, 0.1) is 0 Å². The molecule has 1 N–H and O–H groups in total. The van der Waals surface area contributed by atoms with Crippen molar-refractivity contribution in [1.29, 1.82) is 0 Å². The number of hydrogen-bond donors (Lipinski definition) is 1. The molecule has 5 nitrogen and oxygen atoms in total. The molecule has 0 aliphatic heterocycles. The van der Waals surface area contributed by atoms with Gasteiger partial charge in [-0.2, -0.15) is 13.2 Å². The van der Waals surface area contributed by atoms with Crippen molar-refractivity contribution in [1.82, 2.24) is 14.9 Å². The normalized spacial score (nSPS) is 11.8. The molecule has 1 aromatic rings. The summed E-state index contributed by atoms with van der Waals surface area (Å²) < 4.78 is 36.6. The predicted molar refractivity (Wildman–Crippen MR) is 51.0 cm³/mol. The van der Waals surface area contributed by atoms with Crippen LogP contribution in [0.15, 0.2) is 18.5 Å². The zero-order valence-electron chi connectivity index (χ0n) is 8.68. The van der Waals surface area contributed by atoms with E-state index in [4.69, 9.17) is 5.11 Å². The van der Waals surface area contributed by atoms with E-state index in [0.717, 1.165) is 4.90 Å². The SMILES string of the molecule is O=C(O)CN(Cc1ncccn1)CC(F)(F)F. The van der Waals surface area contributed by atoms with E-state index in [9.17, 15) is 18.0 Å². The van der Waals surface area contributed by atoms with Crippen molar-refractivity contribution in [3.63, 3.8) is 0 Å². The number of carboxylic acids is 1. The van der Waals surface area contributed by atoms with E-state index in [-0.39, 0.29) is 12.4 Å². The lowest BCUT2D eigenvalue weighted by Gasteiger charge is -2.20. The number of rotatable bonds is 5. The minimum Gasteiger partial charge on any atom is -0.480 e. The van der Waals surface area contributed by atoms with Gasteiger partial charge in [0, 0.05) is 12.4 Å². The van der Waals surface area contributed by atoms with E-state index in [0.29, 0.717) is 0 Å². The van der Waals surface area contributed by atoms with Crippen LogP contribution >= 0.6 is 0 Å². The molecule has 0 fully saturated rings.